The minimum atomic E-state index is -4.57. The number of rotatable bonds is 4. The molecule has 35 heavy (non-hydrogen) atoms. The second-order valence-corrected chi connectivity index (χ2v) is 7.55. The van der Waals surface area contributed by atoms with Crippen LogP contribution in [-0.2, 0) is 6.18 Å². The van der Waals surface area contributed by atoms with E-state index in [-0.39, 0.29) is 28.2 Å². The SMILES string of the molecule is CN(c1ccccc1)c1ccc(C=CC2=CC(=C(C#N)C#N)c3cc(C(F)(F)F)ccc3O2)cn1. The highest BCUT2D eigenvalue weighted by Gasteiger charge is 2.32. The molecule has 0 amide bonds. The molecule has 5 nitrogen and oxygen atoms in total. The molecule has 1 aromatic heterocycles. The molecule has 2 heterocycles. The Labute approximate surface area is 199 Å². The molecule has 4 rings (SSSR count). The molecule has 0 radical (unpaired) electrons. The summed E-state index contributed by atoms with van der Waals surface area (Å²) in [6.07, 6.45) is 1.80. The molecule has 172 valence electrons. The van der Waals surface area contributed by atoms with Gasteiger partial charge in [-0.2, -0.15) is 23.7 Å². The molecule has 2 aromatic carbocycles. The highest BCUT2D eigenvalue weighted by molar-refractivity contribution is 5.87. The maximum atomic E-state index is 13.2. The van der Waals surface area contributed by atoms with E-state index in [9.17, 15) is 23.7 Å². The molecule has 0 saturated carbocycles. The molecule has 0 fully saturated rings. The van der Waals surface area contributed by atoms with E-state index in [1.165, 1.54) is 12.1 Å². The zero-order chi connectivity index (χ0) is 25.0. The molecule has 0 N–H and O–H groups in total. The van der Waals surface area contributed by atoms with Crippen molar-refractivity contribution in [2.45, 2.75) is 6.18 Å². The number of nitrogens with zero attached hydrogens (tertiary/aromatic N) is 4. The van der Waals surface area contributed by atoms with E-state index in [1.807, 2.05) is 54.4 Å². The fourth-order valence-corrected chi connectivity index (χ4v) is 3.47. The van der Waals surface area contributed by atoms with E-state index in [0.29, 0.717) is 0 Å². The fourth-order valence-electron chi connectivity index (χ4n) is 3.47. The third-order valence-electron chi connectivity index (χ3n) is 5.30. The van der Waals surface area contributed by atoms with Crippen LogP contribution < -0.4 is 9.64 Å². The van der Waals surface area contributed by atoms with Crippen LogP contribution in [0.1, 0.15) is 16.7 Å². The van der Waals surface area contributed by atoms with Crippen LogP contribution in [0.2, 0.25) is 0 Å². The molecular formula is C27H17F3N4O. The predicted octanol–water partition coefficient (Wildman–Crippen LogP) is 6.66. The van der Waals surface area contributed by atoms with Crippen molar-refractivity contribution in [1.29, 1.82) is 10.5 Å². The number of ether oxygens (including phenoxy) is 1. The fraction of sp³-hybridized carbons (Fsp3) is 0.0741. The van der Waals surface area contributed by atoms with Crippen molar-refractivity contribution in [2.24, 2.45) is 0 Å². The van der Waals surface area contributed by atoms with Gasteiger partial charge in [-0.1, -0.05) is 18.2 Å². The van der Waals surface area contributed by atoms with Crippen molar-refractivity contribution in [2.75, 3.05) is 11.9 Å². The van der Waals surface area contributed by atoms with Gasteiger partial charge in [0.2, 0.25) is 0 Å². The van der Waals surface area contributed by atoms with E-state index in [2.05, 4.69) is 4.98 Å². The first-order valence-corrected chi connectivity index (χ1v) is 10.4. The number of alkyl halides is 3. The Kier molecular flexibility index (Phi) is 6.39. The maximum Gasteiger partial charge on any atom is 0.416 e. The number of anilines is 2. The van der Waals surface area contributed by atoms with Gasteiger partial charge in [0, 0.05) is 30.1 Å². The molecule has 1 aliphatic rings. The highest BCUT2D eigenvalue weighted by atomic mass is 19.4. The first kappa shape index (κ1) is 23.3. The lowest BCUT2D eigenvalue weighted by atomic mass is 9.95. The Hall–Kier alpha value is -4.82. The third kappa shape index (κ3) is 5.07. The predicted molar refractivity (Wildman–Crippen MR) is 126 cm³/mol. The summed E-state index contributed by atoms with van der Waals surface area (Å²) >= 11 is 0. The Bertz CT molecular complexity index is 1410. The summed E-state index contributed by atoms with van der Waals surface area (Å²) in [5.41, 5.74) is 0.636. The largest absolute Gasteiger partial charge is 0.457 e. The van der Waals surface area contributed by atoms with Crippen molar-refractivity contribution in [3.63, 3.8) is 0 Å². The van der Waals surface area contributed by atoms with Gasteiger partial charge in [-0.15, -0.1) is 0 Å². The van der Waals surface area contributed by atoms with Crippen molar-refractivity contribution in [3.8, 4) is 17.9 Å². The second-order valence-electron chi connectivity index (χ2n) is 7.55. The first-order valence-electron chi connectivity index (χ1n) is 10.4. The number of pyridine rings is 1. The van der Waals surface area contributed by atoms with Crippen molar-refractivity contribution < 1.29 is 17.9 Å². The number of allylic oxidation sites excluding steroid dienone is 4. The van der Waals surface area contributed by atoms with Gasteiger partial charge in [0.1, 0.15) is 35.0 Å². The molecule has 3 aromatic rings. The smallest absolute Gasteiger partial charge is 0.416 e. The quantitative estimate of drug-likeness (QED) is 0.399. The van der Waals surface area contributed by atoms with E-state index >= 15 is 0 Å². The van der Waals surface area contributed by atoms with Gasteiger partial charge >= 0.3 is 6.18 Å². The lowest BCUT2D eigenvalue weighted by Gasteiger charge is -2.20. The van der Waals surface area contributed by atoms with Gasteiger partial charge in [0.15, 0.2) is 0 Å². The zero-order valence-electron chi connectivity index (χ0n) is 18.4. The van der Waals surface area contributed by atoms with Crippen LogP contribution >= 0.6 is 0 Å². The van der Waals surface area contributed by atoms with E-state index in [1.54, 1.807) is 30.5 Å². The molecule has 0 aliphatic carbocycles. The van der Waals surface area contributed by atoms with Crippen LogP contribution in [0.25, 0.3) is 11.6 Å². The number of halogens is 3. The molecule has 0 saturated heterocycles. The Morgan fingerprint density at radius 3 is 2.37 bits per heavy atom. The number of para-hydroxylation sites is 1. The molecule has 0 spiro atoms. The van der Waals surface area contributed by atoms with Crippen molar-refractivity contribution >= 4 is 23.2 Å². The summed E-state index contributed by atoms with van der Waals surface area (Å²) in [6.45, 7) is 0. The van der Waals surface area contributed by atoms with Crippen LogP contribution in [0.3, 0.4) is 0 Å². The number of hydrogen-bond acceptors (Lipinski definition) is 5. The number of fused-ring (bicyclic) bond motifs is 1. The average Bonchev–Trinajstić information content (AvgIpc) is 2.87. The Balaban J connectivity index is 1.62. The third-order valence-corrected chi connectivity index (χ3v) is 5.30. The first-order chi connectivity index (χ1) is 16.8. The van der Waals surface area contributed by atoms with Crippen LogP contribution in [0.4, 0.5) is 24.7 Å². The summed E-state index contributed by atoms with van der Waals surface area (Å²) in [5, 5.41) is 18.7. The molecule has 0 unspecified atom stereocenters. The van der Waals surface area contributed by atoms with Gasteiger partial charge in [-0.25, -0.2) is 4.98 Å². The minimum absolute atomic E-state index is 0.0324. The molecular weight excluding hydrogens is 453 g/mol. The molecule has 0 bridgehead atoms. The average molecular weight is 470 g/mol. The zero-order valence-corrected chi connectivity index (χ0v) is 18.4. The topological polar surface area (TPSA) is 72.9 Å². The lowest BCUT2D eigenvalue weighted by molar-refractivity contribution is -0.137. The number of nitriles is 2. The van der Waals surface area contributed by atoms with Crippen LogP contribution in [0.15, 0.2) is 90.3 Å². The van der Waals surface area contributed by atoms with Crippen LogP contribution in [0.5, 0.6) is 5.75 Å². The minimum Gasteiger partial charge on any atom is -0.457 e. The van der Waals surface area contributed by atoms with E-state index < -0.39 is 11.7 Å². The van der Waals surface area contributed by atoms with Crippen LogP contribution in [0, 0.1) is 22.7 Å². The lowest BCUT2D eigenvalue weighted by Crippen LogP contribution is -2.10. The molecule has 1 aliphatic heterocycles. The Morgan fingerprint density at radius 2 is 1.74 bits per heavy atom. The number of benzene rings is 2. The van der Waals surface area contributed by atoms with Crippen molar-refractivity contribution in [1.82, 2.24) is 4.98 Å². The summed E-state index contributed by atoms with van der Waals surface area (Å²) in [6, 6.07) is 19.9. The number of hydrogen-bond donors (Lipinski definition) is 0. The summed E-state index contributed by atoms with van der Waals surface area (Å²) in [7, 11) is 1.91. The molecule has 8 heteroatoms. The molecule has 0 atom stereocenters. The van der Waals surface area contributed by atoms with Crippen LogP contribution in [-0.4, -0.2) is 12.0 Å². The van der Waals surface area contributed by atoms with Gasteiger partial charge in [-0.3, -0.25) is 0 Å². The highest BCUT2D eigenvalue weighted by Crippen LogP contribution is 2.40. The maximum absolute atomic E-state index is 13.2. The monoisotopic (exact) mass is 470 g/mol. The summed E-state index contributed by atoms with van der Waals surface area (Å²) < 4.78 is 45.3. The van der Waals surface area contributed by atoms with Gasteiger partial charge < -0.3 is 9.64 Å². The van der Waals surface area contributed by atoms with E-state index in [0.717, 1.165) is 29.2 Å². The number of aromatic nitrogens is 1. The Morgan fingerprint density at radius 1 is 1.00 bits per heavy atom. The standard InChI is InChI=1S/C27H17F3N4O/c1-34(21-5-3-2-4-6-21)26-12-8-18(17-33-26)7-10-22-14-23(19(15-31)16-32)24-13-20(27(28,29)30)9-11-25(24)35-22/h2-14,17H,1H3. The van der Waals surface area contributed by atoms with Gasteiger partial charge in [0.05, 0.1) is 5.56 Å². The second kappa shape index (κ2) is 9.58. The normalized spacial score (nSPS) is 12.7. The van der Waals surface area contributed by atoms with E-state index in [4.69, 9.17) is 4.74 Å². The van der Waals surface area contributed by atoms with Gasteiger partial charge in [0.25, 0.3) is 0 Å². The van der Waals surface area contributed by atoms with Gasteiger partial charge in [-0.05, 0) is 66.3 Å². The van der Waals surface area contributed by atoms with Crippen molar-refractivity contribution in [3.05, 3.63) is 107 Å². The summed E-state index contributed by atoms with van der Waals surface area (Å²) in [4.78, 5) is 6.41. The summed E-state index contributed by atoms with van der Waals surface area (Å²) in [5.74, 6) is 1.13.